The molecule has 1 aliphatic rings. The summed E-state index contributed by atoms with van der Waals surface area (Å²) >= 11 is 0. The normalized spacial score (nSPS) is 27.3. The summed E-state index contributed by atoms with van der Waals surface area (Å²) in [6.07, 6.45) is -3.49. The lowest BCUT2D eigenvalue weighted by Crippen LogP contribution is -2.58. The Morgan fingerprint density at radius 2 is 1.71 bits per heavy atom. The Hall–Kier alpha value is -3.11. The number of aliphatic carboxylic acids is 1. The number of hydrogen-bond acceptors (Lipinski definition) is 9. The Kier molecular flexibility index (Phi) is 6.26. The van der Waals surface area contributed by atoms with Crippen LogP contribution in [0.15, 0.2) is 24.3 Å². The standard InChI is InChI=1S/C18H20O10/c1-9(19)28-18(17(25)26)7-13(22)16(14(23)8-18)27-15(24)5-3-10-2-4-11(20)12(21)6-10/h2-6,13-14,16,20-23H,7-8H2,1H3,(H,25,26)/b5-3+/t13-,14-,16?,18?/m1/s1. The van der Waals surface area contributed by atoms with Crippen LogP contribution in [0.25, 0.3) is 6.08 Å². The van der Waals surface area contributed by atoms with Crippen LogP contribution in [-0.2, 0) is 23.9 Å². The number of aliphatic hydroxyl groups is 2. The molecule has 1 aliphatic carbocycles. The van der Waals surface area contributed by atoms with Gasteiger partial charge in [-0.1, -0.05) is 6.07 Å². The number of esters is 2. The Morgan fingerprint density at radius 3 is 2.21 bits per heavy atom. The van der Waals surface area contributed by atoms with Crippen molar-refractivity contribution in [3.05, 3.63) is 29.8 Å². The van der Waals surface area contributed by atoms with Gasteiger partial charge in [-0.15, -0.1) is 0 Å². The second kappa shape index (κ2) is 8.28. The summed E-state index contributed by atoms with van der Waals surface area (Å²) in [5.41, 5.74) is -1.75. The lowest BCUT2D eigenvalue weighted by atomic mass is 9.79. The fourth-order valence-electron chi connectivity index (χ4n) is 2.96. The molecule has 0 aromatic heterocycles. The van der Waals surface area contributed by atoms with Crippen LogP contribution in [0, 0.1) is 0 Å². The zero-order valence-corrected chi connectivity index (χ0v) is 14.8. The second-order valence-corrected chi connectivity index (χ2v) is 6.42. The van der Waals surface area contributed by atoms with Crippen molar-refractivity contribution in [1.29, 1.82) is 0 Å². The van der Waals surface area contributed by atoms with Crippen molar-refractivity contribution in [3.63, 3.8) is 0 Å². The van der Waals surface area contributed by atoms with Crippen LogP contribution < -0.4 is 0 Å². The SMILES string of the molecule is CC(=O)OC1(C(=O)O)C[C@@H](O)C(OC(=O)/C=C/c2ccc(O)c(O)c2)[C@H](O)C1. The number of benzene rings is 1. The van der Waals surface area contributed by atoms with Gasteiger partial charge in [-0.05, 0) is 23.8 Å². The molecular formula is C18H20O10. The molecule has 1 aromatic rings. The van der Waals surface area contributed by atoms with E-state index >= 15 is 0 Å². The average Bonchev–Trinajstić information content (AvgIpc) is 2.58. The first-order valence-corrected chi connectivity index (χ1v) is 8.24. The summed E-state index contributed by atoms with van der Waals surface area (Å²) in [6.45, 7) is 1.00. The van der Waals surface area contributed by atoms with E-state index in [1.54, 1.807) is 0 Å². The third-order valence-electron chi connectivity index (χ3n) is 4.23. The van der Waals surface area contributed by atoms with Crippen LogP contribution in [0.3, 0.4) is 0 Å². The number of carbonyl (C=O) groups is 3. The molecule has 0 saturated heterocycles. The molecule has 2 atom stereocenters. The predicted octanol–water partition coefficient (Wildman–Crippen LogP) is -0.0751. The van der Waals surface area contributed by atoms with Crippen LogP contribution in [0.4, 0.5) is 0 Å². The summed E-state index contributed by atoms with van der Waals surface area (Å²) in [6, 6.07) is 3.84. The fraction of sp³-hybridized carbons (Fsp3) is 0.389. The van der Waals surface area contributed by atoms with E-state index in [2.05, 4.69) is 0 Å². The minimum atomic E-state index is -2.12. The third-order valence-corrected chi connectivity index (χ3v) is 4.23. The van der Waals surface area contributed by atoms with Crippen molar-refractivity contribution in [1.82, 2.24) is 0 Å². The first-order valence-electron chi connectivity index (χ1n) is 8.24. The minimum Gasteiger partial charge on any atom is -0.504 e. The van der Waals surface area contributed by atoms with E-state index in [0.29, 0.717) is 5.56 Å². The van der Waals surface area contributed by atoms with Gasteiger partial charge in [0, 0.05) is 25.8 Å². The highest BCUT2D eigenvalue weighted by Gasteiger charge is 2.54. The molecule has 5 N–H and O–H groups in total. The highest BCUT2D eigenvalue weighted by Crippen LogP contribution is 2.34. The Labute approximate surface area is 159 Å². The summed E-state index contributed by atoms with van der Waals surface area (Å²) in [5, 5.41) is 48.3. The predicted molar refractivity (Wildman–Crippen MR) is 92.1 cm³/mol. The van der Waals surface area contributed by atoms with E-state index in [4.69, 9.17) is 9.47 Å². The smallest absolute Gasteiger partial charge is 0.348 e. The molecule has 1 saturated carbocycles. The summed E-state index contributed by atoms with van der Waals surface area (Å²) < 4.78 is 9.80. The first kappa shape index (κ1) is 21.2. The summed E-state index contributed by atoms with van der Waals surface area (Å²) in [5.74, 6) is -4.08. The van der Waals surface area contributed by atoms with Crippen LogP contribution in [0.5, 0.6) is 11.5 Å². The number of carboxylic acids is 1. The molecule has 0 radical (unpaired) electrons. The molecule has 0 bridgehead atoms. The van der Waals surface area contributed by atoms with E-state index in [-0.39, 0.29) is 11.5 Å². The maximum absolute atomic E-state index is 12.0. The van der Waals surface area contributed by atoms with Crippen molar-refractivity contribution in [2.75, 3.05) is 0 Å². The Balaban J connectivity index is 2.07. The number of phenolic OH excluding ortho intramolecular Hbond substituents is 2. The van der Waals surface area contributed by atoms with Gasteiger partial charge in [0.2, 0.25) is 5.60 Å². The first-order chi connectivity index (χ1) is 13.0. The molecule has 10 nitrogen and oxygen atoms in total. The van der Waals surface area contributed by atoms with Gasteiger partial charge in [0.25, 0.3) is 0 Å². The number of rotatable bonds is 5. The number of aromatic hydroxyl groups is 2. The highest BCUT2D eigenvalue weighted by atomic mass is 16.6. The summed E-state index contributed by atoms with van der Waals surface area (Å²) in [7, 11) is 0. The average molecular weight is 396 g/mol. The number of carboxylic acid groups (broad SMARTS) is 1. The zero-order valence-electron chi connectivity index (χ0n) is 14.8. The molecule has 2 rings (SSSR count). The number of phenols is 2. The largest absolute Gasteiger partial charge is 0.504 e. The van der Waals surface area contributed by atoms with Gasteiger partial charge < -0.3 is 35.0 Å². The highest BCUT2D eigenvalue weighted by molar-refractivity contribution is 5.87. The molecule has 28 heavy (non-hydrogen) atoms. The molecular weight excluding hydrogens is 376 g/mol. The number of carbonyl (C=O) groups excluding carboxylic acids is 2. The van der Waals surface area contributed by atoms with E-state index in [1.165, 1.54) is 24.3 Å². The van der Waals surface area contributed by atoms with Gasteiger partial charge >= 0.3 is 17.9 Å². The quantitative estimate of drug-likeness (QED) is 0.258. The van der Waals surface area contributed by atoms with Gasteiger partial charge in [0.1, 0.15) is 0 Å². The van der Waals surface area contributed by atoms with Crippen LogP contribution in [-0.4, -0.2) is 67.4 Å². The fourth-order valence-corrected chi connectivity index (χ4v) is 2.96. The Morgan fingerprint density at radius 1 is 1.11 bits per heavy atom. The molecule has 152 valence electrons. The van der Waals surface area contributed by atoms with E-state index < -0.39 is 54.7 Å². The van der Waals surface area contributed by atoms with Crippen LogP contribution >= 0.6 is 0 Å². The molecule has 0 aliphatic heterocycles. The van der Waals surface area contributed by atoms with Crippen LogP contribution in [0.2, 0.25) is 0 Å². The maximum Gasteiger partial charge on any atom is 0.348 e. The number of ether oxygens (including phenoxy) is 2. The van der Waals surface area contributed by atoms with Crippen molar-refractivity contribution in [3.8, 4) is 11.5 Å². The van der Waals surface area contributed by atoms with E-state index in [9.17, 15) is 39.9 Å². The molecule has 0 heterocycles. The van der Waals surface area contributed by atoms with Crippen molar-refractivity contribution < 1.29 is 49.4 Å². The second-order valence-electron chi connectivity index (χ2n) is 6.42. The van der Waals surface area contributed by atoms with Crippen molar-refractivity contribution >= 4 is 24.0 Å². The lowest BCUT2D eigenvalue weighted by Gasteiger charge is -2.41. The molecule has 10 heteroatoms. The Bertz CT molecular complexity index is 788. The van der Waals surface area contributed by atoms with Crippen molar-refractivity contribution in [2.24, 2.45) is 0 Å². The van der Waals surface area contributed by atoms with Gasteiger partial charge in [0.05, 0.1) is 12.2 Å². The molecule has 0 spiro atoms. The molecule has 1 fully saturated rings. The van der Waals surface area contributed by atoms with Gasteiger partial charge in [-0.25, -0.2) is 9.59 Å². The number of hydrogen-bond donors (Lipinski definition) is 5. The van der Waals surface area contributed by atoms with Gasteiger partial charge in [-0.3, -0.25) is 4.79 Å². The van der Waals surface area contributed by atoms with E-state index in [0.717, 1.165) is 13.0 Å². The topological polar surface area (TPSA) is 171 Å². The maximum atomic E-state index is 12.0. The minimum absolute atomic E-state index is 0.331. The molecule has 0 unspecified atom stereocenters. The number of aliphatic hydroxyl groups excluding tert-OH is 2. The zero-order chi connectivity index (χ0) is 21.1. The van der Waals surface area contributed by atoms with Gasteiger partial charge in [0.15, 0.2) is 17.6 Å². The lowest BCUT2D eigenvalue weighted by molar-refractivity contribution is -0.208. The van der Waals surface area contributed by atoms with Crippen molar-refractivity contribution in [2.45, 2.75) is 43.7 Å². The monoisotopic (exact) mass is 396 g/mol. The molecule has 0 amide bonds. The van der Waals surface area contributed by atoms with Gasteiger partial charge in [-0.2, -0.15) is 0 Å². The summed E-state index contributed by atoms with van der Waals surface area (Å²) in [4.78, 5) is 34.6. The molecule has 1 aromatic carbocycles. The third kappa shape index (κ3) is 4.78. The van der Waals surface area contributed by atoms with E-state index in [1.807, 2.05) is 0 Å². The van der Waals surface area contributed by atoms with Crippen LogP contribution in [0.1, 0.15) is 25.3 Å².